The van der Waals surface area contributed by atoms with E-state index in [0.29, 0.717) is 23.6 Å². The fourth-order valence-corrected chi connectivity index (χ4v) is 2.98. The molecule has 146 valence electrons. The summed E-state index contributed by atoms with van der Waals surface area (Å²) in [6, 6.07) is 19.0. The zero-order chi connectivity index (χ0) is 19.4. The Bertz CT molecular complexity index is 1010. The Morgan fingerprint density at radius 3 is 2.57 bits per heavy atom. The van der Waals surface area contributed by atoms with Gasteiger partial charge in [-0.25, -0.2) is 0 Å². The molecule has 3 aromatic rings. The lowest BCUT2D eigenvalue weighted by Crippen LogP contribution is -2.16. The number of nitro groups is 1. The Balaban J connectivity index is 0.00000280. The topological polar surface area (TPSA) is 93.5 Å². The molecule has 0 aliphatic heterocycles. The van der Waals surface area contributed by atoms with Gasteiger partial charge in [-0.2, -0.15) is 0 Å². The lowest BCUT2D eigenvalue weighted by molar-refractivity contribution is -0.384. The molecule has 0 aliphatic carbocycles. The number of benzene rings is 3. The number of nitrogens with zero attached hydrogens (tertiary/aromatic N) is 2. The minimum absolute atomic E-state index is 0. The van der Waals surface area contributed by atoms with Crippen LogP contribution < -0.4 is 11.1 Å². The average molecular weight is 399 g/mol. The van der Waals surface area contributed by atoms with Crippen LogP contribution in [0.1, 0.15) is 25.0 Å². The van der Waals surface area contributed by atoms with Crippen molar-refractivity contribution in [3.05, 3.63) is 81.9 Å². The highest BCUT2D eigenvalue weighted by Gasteiger charge is 2.16. The molecular weight excluding hydrogens is 376 g/mol. The van der Waals surface area contributed by atoms with E-state index in [1.807, 2.05) is 56.3 Å². The lowest BCUT2D eigenvalue weighted by atomic mass is 10.0. The minimum Gasteiger partial charge on any atom is -0.383 e. The van der Waals surface area contributed by atoms with Gasteiger partial charge in [-0.3, -0.25) is 15.1 Å². The first kappa shape index (κ1) is 21.2. The molecule has 3 aromatic carbocycles. The number of fused-ring (bicyclic) bond motifs is 1. The first-order valence-corrected chi connectivity index (χ1v) is 8.78. The van der Waals surface area contributed by atoms with Gasteiger partial charge in [0.05, 0.1) is 4.92 Å². The third-order valence-electron chi connectivity index (χ3n) is 4.24. The van der Waals surface area contributed by atoms with Crippen LogP contribution in [0.25, 0.3) is 10.8 Å². The highest BCUT2D eigenvalue weighted by atomic mass is 35.5. The molecule has 7 heteroatoms. The molecule has 0 aliphatic rings. The molecule has 0 fully saturated rings. The number of nitrogens with two attached hydrogens (primary N) is 1. The second kappa shape index (κ2) is 9.19. The predicted octanol–water partition coefficient (Wildman–Crippen LogP) is 4.90. The number of hydrogen-bond acceptors (Lipinski definition) is 4. The van der Waals surface area contributed by atoms with Crippen LogP contribution in [-0.2, 0) is 6.54 Å². The SMILES string of the molecule is CC(C)N=C(N)c1ccc(NCc2cccc3ccccc23)c([N+](=O)[O-])c1.Cl. The zero-order valence-corrected chi connectivity index (χ0v) is 16.6. The molecule has 0 bridgehead atoms. The second-order valence-corrected chi connectivity index (χ2v) is 6.59. The molecule has 0 atom stereocenters. The fraction of sp³-hybridized carbons (Fsp3) is 0.190. The van der Waals surface area contributed by atoms with Gasteiger partial charge >= 0.3 is 0 Å². The van der Waals surface area contributed by atoms with Crippen molar-refractivity contribution in [1.29, 1.82) is 0 Å². The van der Waals surface area contributed by atoms with Gasteiger partial charge in [-0.15, -0.1) is 12.4 Å². The van der Waals surface area contributed by atoms with Crippen molar-refractivity contribution in [2.45, 2.75) is 26.4 Å². The summed E-state index contributed by atoms with van der Waals surface area (Å²) in [5, 5.41) is 17.0. The maximum Gasteiger partial charge on any atom is 0.293 e. The van der Waals surface area contributed by atoms with Crippen molar-refractivity contribution in [2.24, 2.45) is 10.7 Å². The van der Waals surface area contributed by atoms with E-state index in [4.69, 9.17) is 5.73 Å². The number of rotatable bonds is 6. The summed E-state index contributed by atoms with van der Waals surface area (Å²) in [6.07, 6.45) is 0. The maximum atomic E-state index is 11.5. The Labute approximate surface area is 170 Å². The minimum atomic E-state index is -0.405. The van der Waals surface area contributed by atoms with E-state index in [0.717, 1.165) is 16.3 Å². The monoisotopic (exact) mass is 398 g/mol. The van der Waals surface area contributed by atoms with E-state index >= 15 is 0 Å². The quantitative estimate of drug-likeness (QED) is 0.267. The second-order valence-electron chi connectivity index (χ2n) is 6.59. The maximum absolute atomic E-state index is 11.5. The van der Waals surface area contributed by atoms with E-state index < -0.39 is 4.92 Å². The summed E-state index contributed by atoms with van der Waals surface area (Å²) < 4.78 is 0. The average Bonchev–Trinajstić information content (AvgIpc) is 2.65. The van der Waals surface area contributed by atoms with Gasteiger partial charge < -0.3 is 11.1 Å². The van der Waals surface area contributed by atoms with Crippen molar-refractivity contribution < 1.29 is 4.92 Å². The molecule has 3 rings (SSSR count). The third-order valence-corrected chi connectivity index (χ3v) is 4.24. The van der Waals surface area contributed by atoms with Crippen LogP contribution in [0.4, 0.5) is 11.4 Å². The largest absolute Gasteiger partial charge is 0.383 e. The molecule has 6 nitrogen and oxygen atoms in total. The molecule has 28 heavy (non-hydrogen) atoms. The highest BCUT2D eigenvalue weighted by molar-refractivity contribution is 5.98. The van der Waals surface area contributed by atoms with Crippen LogP contribution in [0.15, 0.2) is 65.7 Å². The summed E-state index contributed by atoms with van der Waals surface area (Å²) in [5.41, 5.74) is 8.01. The van der Waals surface area contributed by atoms with Gasteiger partial charge in [0, 0.05) is 24.2 Å². The molecule has 0 aromatic heterocycles. The standard InChI is InChI=1S/C21H22N4O2.ClH/c1-14(2)24-21(22)16-10-11-19(20(12-16)25(26)27)23-13-17-8-5-7-15-6-3-4-9-18(15)17;/h3-12,14,23H,13H2,1-2H3,(H2,22,24);1H. The summed E-state index contributed by atoms with van der Waals surface area (Å²) in [6.45, 7) is 4.29. The van der Waals surface area contributed by atoms with Crippen molar-refractivity contribution in [3.8, 4) is 0 Å². The van der Waals surface area contributed by atoms with Crippen LogP contribution in [0.3, 0.4) is 0 Å². The number of halogens is 1. The predicted molar refractivity (Wildman–Crippen MR) is 117 cm³/mol. The molecule has 0 amide bonds. The normalized spacial score (nSPS) is 11.3. The molecule has 0 radical (unpaired) electrons. The summed E-state index contributed by atoms with van der Waals surface area (Å²) in [7, 11) is 0. The van der Waals surface area contributed by atoms with Gasteiger partial charge in [0.15, 0.2) is 0 Å². The number of nitrogens with one attached hydrogen (secondary N) is 1. The molecule has 0 heterocycles. The number of anilines is 1. The number of nitro benzene ring substituents is 1. The van der Waals surface area contributed by atoms with Crippen LogP contribution in [-0.4, -0.2) is 16.8 Å². The number of aliphatic imine (C=N–C) groups is 1. The van der Waals surface area contributed by atoms with Crippen molar-refractivity contribution >= 4 is 40.4 Å². The zero-order valence-electron chi connectivity index (χ0n) is 15.8. The van der Waals surface area contributed by atoms with Crippen LogP contribution in [0.2, 0.25) is 0 Å². The smallest absolute Gasteiger partial charge is 0.293 e. The van der Waals surface area contributed by atoms with Crippen LogP contribution in [0, 0.1) is 10.1 Å². The van der Waals surface area contributed by atoms with Crippen molar-refractivity contribution in [2.75, 3.05) is 5.32 Å². The highest BCUT2D eigenvalue weighted by Crippen LogP contribution is 2.27. The van der Waals surface area contributed by atoms with Gasteiger partial charge in [0.25, 0.3) is 5.69 Å². The van der Waals surface area contributed by atoms with E-state index in [9.17, 15) is 10.1 Å². The van der Waals surface area contributed by atoms with Crippen LogP contribution in [0.5, 0.6) is 0 Å². The summed E-state index contributed by atoms with van der Waals surface area (Å²) in [5.74, 6) is 0.300. The van der Waals surface area contributed by atoms with Crippen molar-refractivity contribution in [1.82, 2.24) is 0 Å². The summed E-state index contributed by atoms with van der Waals surface area (Å²) >= 11 is 0. The van der Waals surface area contributed by atoms with Gasteiger partial charge in [-0.1, -0.05) is 42.5 Å². The molecular formula is C21H23ClN4O2. The van der Waals surface area contributed by atoms with Gasteiger partial charge in [-0.05, 0) is 42.3 Å². The van der Waals surface area contributed by atoms with E-state index in [1.165, 1.54) is 6.07 Å². The van der Waals surface area contributed by atoms with Crippen LogP contribution >= 0.6 is 12.4 Å². The molecule has 0 spiro atoms. The Morgan fingerprint density at radius 1 is 1.14 bits per heavy atom. The van der Waals surface area contributed by atoms with Crippen molar-refractivity contribution in [3.63, 3.8) is 0 Å². The molecule has 0 unspecified atom stereocenters. The van der Waals surface area contributed by atoms with E-state index in [2.05, 4.69) is 10.3 Å². The van der Waals surface area contributed by atoms with E-state index in [1.54, 1.807) is 12.1 Å². The molecule has 0 saturated heterocycles. The fourth-order valence-electron chi connectivity index (χ4n) is 2.98. The first-order chi connectivity index (χ1) is 13.0. The Morgan fingerprint density at radius 2 is 1.86 bits per heavy atom. The molecule has 0 saturated carbocycles. The van der Waals surface area contributed by atoms with Gasteiger partial charge in [0.2, 0.25) is 0 Å². The Kier molecular flexibility index (Phi) is 6.95. The Hall–Kier alpha value is -3.12. The van der Waals surface area contributed by atoms with Gasteiger partial charge in [0.1, 0.15) is 11.5 Å². The lowest BCUT2D eigenvalue weighted by Gasteiger charge is -2.11. The summed E-state index contributed by atoms with van der Waals surface area (Å²) in [4.78, 5) is 15.4. The number of amidine groups is 1. The van der Waals surface area contributed by atoms with E-state index in [-0.39, 0.29) is 24.1 Å². The molecule has 3 N–H and O–H groups in total. The number of hydrogen-bond donors (Lipinski definition) is 2. The third kappa shape index (κ3) is 4.78. The first-order valence-electron chi connectivity index (χ1n) is 8.78.